The first-order chi connectivity index (χ1) is 10.9. The van der Waals surface area contributed by atoms with Crippen LogP contribution < -0.4 is 10.6 Å². The molecule has 0 amide bonds. The molecule has 1 saturated carbocycles. The monoisotopic (exact) mass is 323 g/mol. The molecule has 0 aliphatic heterocycles. The van der Waals surface area contributed by atoms with E-state index in [0.29, 0.717) is 6.10 Å². The highest BCUT2D eigenvalue weighted by molar-refractivity contribution is 7.09. The summed E-state index contributed by atoms with van der Waals surface area (Å²) in [5.41, 5.74) is 0. The van der Waals surface area contributed by atoms with Gasteiger partial charge in [0.25, 0.3) is 0 Å². The van der Waals surface area contributed by atoms with Crippen LogP contribution in [0.3, 0.4) is 0 Å². The third-order valence-corrected chi connectivity index (χ3v) is 4.70. The molecule has 1 aliphatic rings. The van der Waals surface area contributed by atoms with E-state index in [1.807, 2.05) is 0 Å². The maximum atomic E-state index is 5.94. The Morgan fingerprint density at radius 1 is 1.32 bits per heavy atom. The highest BCUT2D eigenvalue weighted by Gasteiger charge is 2.12. The minimum atomic E-state index is 0.509. The second-order valence-corrected chi connectivity index (χ2v) is 6.72. The SMILES string of the molecule is CCNC(=NCc1cccs1)NCCCOC1CCCCC1. The summed E-state index contributed by atoms with van der Waals surface area (Å²) in [4.78, 5) is 5.90. The molecule has 1 fully saturated rings. The third-order valence-electron chi connectivity index (χ3n) is 3.84. The predicted octanol–water partition coefficient (Wildman–Crippen LogP) is 3.54. The Morgan fingerprint density at radius 3 is 2.91 bits per heavy atom. The van der Waals surface area contributed by atoms with E-state index < -0.39 is 0 Å². The lowest BCUT2D eigenvalue weighted by Gasteiger charge is -2.22. The number of thiophene rings is 1. The standard InChI is InChI=1S/C17H29N3OS/c1-2-18-17(20-14-16-10-6-13-22-16)19-11-7-12-21-15-8-4-3-5-9-15/h6,10,13,15H,2-5,7-9,11-12,14H2,1H3,(H2,18,19,20). The van der Waals surface area contributed by atoms with Crippen LogP contribution in [0, 0.1) is 0 Å². The molecule has 1 aromatic rings. The second kappa shape index (κ2) is 10.6. The Bertz CT molecular complexity index is 414. The van der Waals surface area contributed by atoms with E-state index in [1.165, 1.54) is 37.0 Å². The molecule has 2 N–H and O–H groups in total. The molecule has 0 unspecified atom stereocenters. The van der Waals surface area contributed by atoms with Crippen molar-refractivity contribution in [1.82, 2.24) is 10.6 Å². The summed E-state index contributed by atoms with van der Waals surface area (Å²) in [5, 5.41) is 8.76. The van der Waals surface area contributed by atoms with Gasteiger partial charge in [0.15, 0.2) is 5.96 Å². The van der Waals surface area contributed by atoms with Crippen molar-refractivity contribution in [1.29, 1.82) is 0 Å². The van der Waals surface area contributed by atoms with E-state index >= 15 is 0 Å². The van der Waals surface area contributed by atoms with Crippen LogP contribution in [0.5, 0.6) is 0 Å². The van der Waals surface area contributed by atoms with Crippen LogP contribution in [0.25, 0.3) is 0 Å². The van der Waals surface area contributed by atoms with E-state index in [4.69, 9.17) is 4.74 Å². The smallest absolute Gasteiger partial charge is 0.191 e. The first kappa shape index (κ1) is 17.3. The van der Waals surface area contributed by atoms with Gasteiger partial charge >= 0.3 is 0 Å². The van der Waals surface area contributed by atoms with Crippen molar-refractivity contribution in [3.05, 3.63) is 22.4 Å². The molecule has 5 heteroatoms. The number of nitrogens with zero attached hydrogens (tertiary/aromatic N) is 1. The van der Waals surface area contributed by atoms with Crippen molar-refractivity contribution in [3.63, 3.8) is 0 Å². The van der Waals surface area contributed by atoms with Gasteiger partial charge < -0.3 is 15.4 Å². The number of rotatable bonds is 8. The minimum absolute atomic E-state index is 0.509. The van der Waals surface area contributed by atoms with Gasteiger partial charge in [-0.1, -0.05) is 25.3 Å². The summed E-state index contributed by atoms with van der Waals surface area (Å²) in [6, 6.07) is 4.19. The van der Waals surface area contributed by atoms with Gasteiger partial charge in [0.1, 0.15) is 0 Å². The summed E-state index contributed by atoms with van der Waals surface area (Å²) in [6.07, 6.45) is 8.09. The van der Waals surface area contributed by atoms with E-state index in [1.54, 1.807) is 11.3 Å². The number of hydrogen-bond acceptors (Lipinski definition) is 3. The van der Waals surface area contributed by atoms with E-state index in [-0.39, 0.29) is 0 Å². The Morgan fingerprint density at radius 2 is 2.18 bits per heavy atom. The zero-order valence-electron chi connectivity index (χ0n) is 13.6. The lowest BCUT2D eigenvalue weighted by Crippen LogP contribution is -2.38. The lowest BCUT2D eigenvalue weighted by atomic mass is 9.98. The van der Waals surface area contributed by atoms with Gasteiger partial charge in [0.2, 0.25) is 0 Å². The van der Waals surface area contributed by atoms with Crippen LogP contribution in [0.4, 0.5) is 0 Å². The highest BCUT2D eigenvalue weighted by atomic mass is 32.1. The predicted molar refractivity (Wildman–Crippen MR) is 94.6 cm³/mol. The van der Waals surface area contributed by atoms with Gasteiger partial charge in [0.05, 0.1) is 12.6 Å². The largest absolute Gasteiger partial charge is 0.378 e. The second-order valence-electron chi connectivity index (χ2n) is 5.69. The zero-order valence-corrected chi connectivity index (χ0v) is 14.5. The molecule has 0 atom stereocenters. The maximum absolute atomic E-state index is 5.94. The molecule has 0 spiro atoms. The van der Waals surface area contributed by atoms with E-state index in [9.17, 15) is 0 Å². The van der Waals surface area contributed by atoms with Crippen LogP contribution >= 0.6 is 11.3 Å². The number of guanidine groups is 1. The summed E-state index contributed by atoms with van der Waals surface area (Å²) in [5.74, 6) is 0.897. The molecule has 1 aromatic heterocycles. The molecule has 22 heavy (non-hydrogen) atoms. The Labute approximate surface area is 138 Å². The van der Waals surface area contributed by atoms with Crippen LogP contribution in [0.2, 0.25) is 0 Å². The summed E-state index contributed by atoms with van der Waals surface area (Å²) < 4.78 is 5.94. The highest BCUT2D eigenvalue weighted by Crippen LogP contribution is 2.20. The minimum Gasteiger partial charge on any atom is -0.378 e. The van der Waals surface area contributed by atoms with Crippen molar-refractivity contribution in [3.8, 4) is 0 Å². The van der Waals surface area contributed by atoms with Gasteiger partial charge in [0, 0.05) is 24.6 Å². The van der Waals surface area contributed by atoms with Crippen molar-refractivity contribution in [2.75, 3.05) is 19.7 Å². The van der Waals surface area contributed by atoms with Gasteiger partial charge in [-0.25, -0.2) is 4.99 Å². The van der Waals surface area contributed by atoms with Crippen molar-refractivity contribution in [2.24, 2.45) is 4.99 Å². The van der Waals surface area contributed by atoms with Gasteiger partial charge in [-0.2, -0.15) is 0 Å². The fourth-order valence-electron chi connectivity index (χ4n) is 2.66. The number of aliphatic imine (C=N–C) groups is 1. The average Bonchev–Trinajstić information content (AvgIpc) is 3.06. The number of ether oxygens (including phenoxy) is 1. The zero-order chi connectivity index (χ0) is 15.5. The van der Waals surface area contributed by atoms with Crippen molar-refractivity contribution < 1.29 is 4.74 Å². The molecule has 1 heterocycles. The first-order valence-corrected chi connectivity index (χ1v) is 9.42. The molecular formula is C17H29N3OS. The molecule has 4 nitrogen and oxygen atoms in total. The molecule has 124 valence electrons. The summed E-state index contributed by atoms with van der Waals surface area (Å²) >= 11 is 1.75. The van der Waals surface area contributed by atoms with Crippen LogP contribution in [-0.2, 0) is 11.3 Å². The lowest BCUT2D eigenvalue weighted by molar-refractivity contribution is 0.0277. The topological polar surface area (TPSA) is 45.7 Å². The van der Waals surface area contributed by atoms with Crippen molar-refractivity contribution >= 4 is 17.3 Å². The van der Waals surface area contributed by atoms with Crippen LogP contribution in [-0.4, -0.2) is 31.8 Å². The van der Waals surface area contributed by atoms with Crippen LogP contribution in [0.1, 0.15) is 50.3 Å². The molecule has 0 radical (unpaired) electrons. The number of hydrogen-bond donors (Lipinski definition) is 2. The molecular weight excluding hydrogens is 294 g/mol. The molecule has 0 saturated heterocycles. The summed E-state index contributed by atoms with van der Waals surface area (Å²) in [6.45, 7) is 5.47. The Balaban J connectivity index is 1.60. The Kier molecular flexibility index (Phi) is 8.35. The summed E-state index contributed by atoms with van der Waals surface area (Å²) in [7, 11) is 0. The Hall–Kier alpha value is -1.07. The molecule has 0 aromatic carbocycles. The van der Waals surface area contributed by atoms with E-state index in [2.05, 4.69) is 40.1 Å². The van der Waals surface area contributed by atoms with Gasteiger partial charge in [-0.05, 0) is 37.6 Å². The average molecular weight is 324 g/mol. The normalized spacial score (nSPS) is 16.7. The molecule has 0 bridgehead atoms. The van der Waals surface area contributed by atoms with E-state index in [0.717, 1.165) is 38.6 Å². The maximum Gasteiger partial charge on any atom is 0.191 e. The molecule has 1 aliphatic carbocycles. The van der Waals surface area contributed by atoms with Gasteiger partial charge in [-0.15, -0.1) is 11.3 Å². The van der Waals surface area contributed by atoms with Crippen molar-refractivity contribution in [2.45, 2.75) is 58.1 Å². The van der Waals surface area contributed by atoms with Gasteiger partial charge in [-0.3, -0.25) is 0 Å². The quantitative estimate of drug-likeness (QED) is 0.437. The third kappa shape index (κ3) is 6.79. The fraction of sp³-hybridized carbons (Fsp3) is 0.706. The first-order valence-electron chi connectivity index (χ1n) is 8.54. The molecule has 2 rings (SSSR count). The number of nitrogens with one attached hydrogen (secondary N) is 2. The van der Waals surface area contributed by atoms with Crippen LogP contribution in [0.15, 0.2) is 22.5 Å². The fourth-order valence-corrected chi connectivity index (χ4v) is 3.29.